The highest BCUT2D eigenvalue weighted by Crippen LogP contribution is 2.31. The number of hydrogen-bond donors (Lipinski definition) is 2. The van der Waals surface area contributed by atoms with Crippen molar-refractivity contribution in [2.24, 2.45) is 0 Å². The molecule has 7 heteroatoms. The molecule has 32 heavy (non-hydrogen) atoms. The minimum Gasteiger partial charge on any atom is -0.507 e. The number of carbonyl (C=O) groups is 2. The third-order valence-electron chi connectivity index (χ3n) is 4.74. The molecule has 160 valence electrons. The van der Waals surface area contributed by atoms with Crippen LogP contribution in [0.5, 0.6) is 11.5 Å². The van der Waals surface area contributed by atoms with Crippen LogP contribution in [0.25, 0.3) is 22.3 Å². The number of nitrogens with one attached hydrogen (secondary N) is 1. The summed E-state index contributed by atoms with van der Waals surface area (Å²) < 4.78 is 11.4. The monoisotopic (exact) mass is 429 g/mol. The topological polar surface area (TPSA) is 106 Å². The van der Waals surface area contributed by atoms with Gasteiger partial charge in [0.25, 0.3) is 0 Å². The van der Waals surface area contributed by atoms with E-state index in [-0.39, 0.29) is 46.2 Å². The fraction of sp³-hybridized carbons (Fsp3) is 0.0800. The van der Waals surface area contributed by atoms with Crippen molar-refractivity contribution in [3.05, 3.63) is 88.6 Å². The van der Waals surface area contributed by atoms with E-state index in [0.717, 1.165) is 5.56 Å². The van der Waals surface area contributed by atoms with Crippen LogP contribution < -0.4 is 15.5 Å². The molecule has 0 aliphatic rings. The highest BCUT2D eigenvalue weighted by molar-refractivity contribution is 5.98. The highest BCUT2D eigenvalue weighted by Gasteiger charge is 2.14. The van der Waals surface area contributed by atoms with Gasteiger partial charge in [0.15, 0.2) is 17.8 Å². The maximum Gasteiger partial charge on any atom is 0.221 e. The van der Waals surface area contributed by atoms with Crippen molar-refractivity contribution >= 4 is 28.3 Å². The predicted octanol–water partition coefficient (Wildman–Crippen LogP) is 4.39. The van der Waals surface area contributed by atoms with E-state index in [1.54, 1.807) is 36.4 Å². The zero-order valence-corrected chi connectivity index (χ0v) is 17.1. The summed E-state index contributed by atoms with van der Waals surface area (Å²) in [5, 5.41) is 13.0. The number of aromatic hydroxyl groups is 1. The first kappa shape index (κ1) is 20.9. The van der Waals surface area contributed by atoms with Gasteiger partial charge in [0, 0.05) is 41.9 Å². The molecule has 7 nitrogen and oxygen atoms in total. The molecule has 1 amide bonds. The van der Waals surface area contributed by atoms with E-state index in [2.05, 4.69) is 5.32 Å². The summed E-state index contributed by atoms with van der Waals surface area (Å²) in [7, 11) is 0. The third kappa shape index (κ3) is 4.52. The quantitative estimate of drug-likeness (QED) is 0.441. The molecular formula is C25H19NO6. The Kier molecular flexibility index (Phi) is 5.72. The Balaban J connectivity index is 1.56. The number of ether oxygens (including phenoxy) is 1. The van der Waals surface area contributed by atoms with Gasteiger partial charge in [0.2, 0.25) is 5.91 Å². The molecule has 0 saturated heterocycles. The van der Waals surface area contributed by atoms with Crippen LogP contribution in [0.2, 0.25) is 0 Å². The van der Waals surface area contributed by atoms with E-state index >= 15 is 0 Å². The van der Waals surface area contributed by atoms with Gasteiger partial charge < -0.3 is 19.6 Å². The first-order chi connectivity index (χ1) is 15.4. The number of Topliss-reactive ketones (excluding diaryl/α,β-unsaturated/α-hetero) is 1. The third-order valence-corrected chi connectivity index (χ3v) is 4.74. The molecule has 0 bridgehead atoms. The molecule has 0 spiro atoms. The minimum absolute atomic E-state index is 0.0388. The van der Waals surface area contributed by atoms with Crippen molar-refractivity contribution in [1.29, 1.82) is 0 Å². The number of amides is 1. The number of ketones is 1. The maximum atomic E-state index is 12.5. The summed E-state index contributed by atoms with van der Waals surface area (Å²) in [4.78, 5) is 36.0. The standard InChI is InChI=1S/C25H19NO6/c1-15(27)26-18-9-7-16(8-10-18)22(30)14-31-19-11-20(28)25-21(29)13-23(32-24(25)12-19)17-5-3-2-4-6-17/h2-13,28H,14H2,1H3,(H,26,27). The van der Waals surface area contributed by atoms with Crippen molar-refractivity contribution in [2.45, 2.75) is 6.92 Å². The largest absolute Gasteiger partial charge is 0.507 e. The van der Waals surface area contributed by atoms with Crippen molar-refractivity contribution in [3.63, 3.8) is 0 Å². The number of benzene rings is 3. The number of hydrogen-bond acceptors (Lipinski definition) is 6. The number of anilines is 1. The SMILES string of the molecule is CC(=O)Nc1ccc(C(=O)COc2cc(O)c3c(=O)cc(-c4ccccc4)oc3c2)cc1. The van der Waals surface area contributed by atoms with Gasteiger partial charge in [0.05, 0.1) is 0 Å². The molecule has 0 aliphatic carbocycles. The second-order valence-electron chi connectivity index (χ2n) is 7.13. The number of rotatable bonds is 6. The van der Waals surface area contributed by atoms with Crippen molar-refractivity contribution in [3.8, 4) is 22.8 Å². The zero-order valence-electron chi connectivity index (χ0n) is 17.1. The second kappa shape index (κ2) is 8.77. The molecule has 0 unspecified atom stereocenters. The minimum atomic E-state index is -0.385. The Morgan fingerprint density at radius 3 is 2.41 bits per heavy atom. The number of fused-ring (bicyclic) bond motifs is 1. The lowest BCUT2D eigenvalue weighted by Crippen LogP contribution is -2.12. The predicted molar refractivity (Wildman–Crippen MR) is 120 cm³/mol. The Morgan fingerprint density at radius 1 is 1.00 bits per heavy atom. The number of carbonyl (C=O) groups excluding carboxylic acids is 2. The maximum absolute atomic E-state index is 12.5. The first-order valence-electron chi connectivity index (χ1n) is 9.80. The lowest BCUT2D eigenvalue weighted by molar-refractivity contribution is -0.114. The van der Waals surface area contributed by atoms with E-state index in [0.29, 0.717) is 17.0 Å². The molecular weight excluding hydrogens is 410 g/mol. The molecule has 0 aliphatic heterocycles. The van der Waals surface area contributed by atoms with Crippen LogP contribution in [-0.4, -0.2) is 23.4 Å². The number of phenols is 1. The molecule has 3 aromatic carbocycles. The van der Waals surface area contributed by atoms with Crippen LogP contribution >= 0.6 is 0 Å². The summed E-state index contributed by atoms with van der Waals surface area (Å²) in [5.41, 5.74) is 1.47. The van der Waals surface area contributed by atoms with Crippen LogP contribution in [0, 0.1) is 0 Å². The Hall–Kier alpha value is -4.39. The van der Waals surface area contributed by atoms with E-state index in [1.165, 1.54) is 25.1 Å². The van der Waals surface area contributed by atoms with Gasteiger partial charge in [-0.25, -0.2) is 0 Å². The van der Waals surface area contributed by atoms with Gasteiger partial charge in [-0.1, -0.05) is 30.3 Å². The summed E-state index contributed by atoms with van der Waals surface area (Å²) in [5.74, 6) is -0.247. The molecule has 0 radical (unpaired) electrons. The fourth-order valence-electron chi connectivity index (χ4n) is 3.25. The van der Waals surface area contributed by atoms with Gasteiger partial charge in [0.1, 0.15) is 28.2 Å². The Morgan fingerprint density at radius 2 is 1.72 bits per heavy atom. The van der Waals surface area contributed by atoms with Gasteiger partial charge >= 0.3 is 0 Å². The van der Waals surface area contributed by atoms with Gasteiger partial charge in [-0.2, -0.15) is 0 Å². The Bertz CT molecular complexity index is 1360. The van der Waals surface area contributed by atoms with Crippen molar-refractivity contribution in [2.75, 3.05) is 11.9 Å². The average Bonchev–Trinajstić information content (AvgIpc) is 2.77. The molecule has 4 rings (SSSR count). The van der Waals surface area contributed by atoms with E-state index in [1.807, 2.05) is 18.2 Å². The summed E-state index contributed by atoms with van der Waals surface area (Å²) >= 11 is 0. The lowest BCUT2D eigenvalue weighted by atomic mass is 10.1. The summed E-state index contributed by atoms with van der Waals surface area (Å²) in [6.07, 6.45) is 0. The average molecular weight is 429 g/mol. The van der Waals surface area contributed by atoms with Crippen LogP contribution in [0.4, 0.5) is 5.69 Å². The smallest absolute Gasteiger partial charge is 0.221 e. The Labute approximate surface area is 182 Å². The normalized spacial score (nSPS) is 10.7. The van der Waals surface area contributed by atoms with E-state index < -0.39 is 0 Å². The van der Waals surface area contributed by atoms with Gasteiger partial charge in [-0.15, -0.1) is 0 Å². The van der Waals surface area contributed by atoms with Gasteiger partial charge in [-0.3, -0.25) is 14.4 Å². The zero-order chi connectivity index (χ0) is 22.7. The van der Waals surface area contributed by atoms with Crippen molar-refractivity contribution in [1.82, 2.24) is 0 Å². The molecule has 0 atom stereocenters. The lowest BCUT2D eigenvalue weighted by Gasteiger charge is -2.09. The van der Waals surface area contributed by atoms with Crippen LogP contribution in [-0.2, 0) is 4.79 Å². The van der Waals surface area contributed by atoms with Crippen LogP contribution in [0.3, 0.4) is 0 Å². The molecule has 0 saturated carbocycles. The van der Waals surface area contributed by atoms with E-state index in [9.17, 15) is 19.5 Å². The van der Waals surface area contributed by atoms with Gasteiger partial charge in [-0.05, 0) is 24.3 Å². The molecule has 2 N–H and O–H groups in total. The number of phenolic OH excluding ortho intramolecular Hbond substituents is 1. The molecule has 1 heterocycles. The fourth-order valence-corrected chi connectivity index (χ4v) is 3.25. The second-order valence-corrected chi connectivity index (χ2v) is 7.13. The summed E-state index contributed by atoms with van der Waals surface area (Å²) in [6, 6.07) is 19.6. The van der Waals surface area contributed by atoms with E-state index in [4.69, 9.17) is 9.15 Å². The molecule has 0 fully saturated rings. The summed E-state index contributed by atoms with van der Waals surface area (Å²) in [6.45, 7) is 1.11. The van der Waals surface area contributed by atoms with Crippen molar-refractivity contribution < 1.29 is 23.8 Å². The first-order valence-corrected chi connectivity index (χ1v) is 9.80. The molecule has 1 aromatic heterocycles. The van der Waals surface area contributed by atoms with Crippen LogP contribution in [0.15, 0.2) is 82.0 Å². The van der Waals surface area contributed by atoms with Crippen LogP contribution in [0.1, 0.15) is 17.3 Å². The molecule has 4 aromatic rings. The highest BCUT2D eigenvalue weighted by atomic mass is 16.5.